The average molecular weight is 291 g/mol. The van der Waals surface area contributed by atoms with Crippen LogP contribution in [0.25, 0.3) is 0 Å². The number of amides is 1. The number of nitrogens with one attached hydrogen (secondary N) is 1. The minimum Gasteiger partial charge on any atom is -0.433 e. The van der Waals surface area contributed by atoms with Crippen LogP contribution in [0.5, 0.6) is 5.75 Å². The monoisotopic (exact) mass is 291 g/mol. The van der Waals surface area contributed by atoms with Gasteiger partial charge in [0, 0.05) is 16.4 Å². The molecule has 0 radical (unpaired) electrons. The van der Waals surface area contributed by atoms with Crippen molar-refractivity contribution in [3.05, 3.63) is 22.0 Å². The molecule has 18 heavy (non-hydrogen) atoms. The average Bonchev–Trinajstić information content (AvgIpc) is 2.87. The van der Waals surface area contributed by atoms with Gasteiger partial charge in [0.05, 0.1) is 6.20 Å². The van der Waals surface area contributed by atoms with Gasteiger partial charge in [-0.05, 0) is 13.0 Å². The second kappa shape index (κ2) is 5.36. The fourth-order valence-electron chi connectivity index (χ4n) is 1.22. The molecule has 0 aromatic carbocycles. The number of ether oxygens (including phenoxy) is 1. The fraction of sp³-hybridized carbons (Fsp3) is 0.222. The first-order chi connectivity index (χ1) is 8.56. The van der Waals surface area contributed by atoms with E-state index in [1.165, 1.54) is 12.3 Å². The molecule has 0 aliphatic rings. The highest BCUT2D eigenvalue weighted by atomic mass is 32.1. The SMILES string of the molecule is Cc1cc(OC(F)F)c(C(=O)Nc2cnns2)s1. The summed E-state index contributed by atoms with van der Waals surface area (Å²) in [6.45, 7) is -1.26. The number of alkyl halides is 2. The molecule has 1 N–H and O–H groups in total. The molecule has 0 bridgehead atoms. The molecule has 2 aromatic heterocycles. The maximum Gasteiger partial charge on any atom is 0.387 e. The Bertz CT molecular complexity index is 542. The van der Waals surface area contributed by atoms with Crippen LogP contribution in [-0.2, 0) is 0 Å². The third-order valence-corrected chi connectivity index (χ3v) is 3.45. The number of rotatable bonds is 4. The molecule has 0 fully saturated rings. The van der Waals surface area contributed by atoms with Crippen LogP contribution in [0.3, 0.4) is 0 Å². The zero-order valence-corrected chi connectivity index (χ0v) is 10.6. The van der Waals surface area contributed by atoms with Crippen molar-refractivity contribution in [2.75, 3.05) is 5.32 Å². The Kier molecular flexibility index (Phi) is 3.82. The van der Waals surface area contributed by atoms with Gasteiger partial charge in [-0.1, -0.05) is 4.49 Å². The molecule has 0 spiro atoms. The van der Waals surface area contributed by atoms with E-state index in [0.29, 0.717) is 9.88 Å². The smallest absolute Gasteiger partial charge is 0.387 e. The number of hydrogen-bond donors (Lipinski definition) is 1. The van der Waals surface area contributed by atoms with Crippen LogP contribution in [-0.4, -0.2) is 22.1 Å². The Balaban J connectivity index is 2.18. The molecule has 0 aliphatic carbocycles. The van der Waals surface area contributed by atoms with Crippen LogP contribution in [0, 0.1) is 6.92 Å². The molecular weight excluding hydrogens is 284 g/mol. The largest absolute Gasteiger partial charge is 0.433 e. The number of aromatic nitrogens is 2. The van der Waals surface area contributed by atoms with E-state index < -0.39 is 12.5 Å². The predicted octanol–water partition coefficient (Wildman–Crippen LogP) is 2.76. The lowest BCUT2D eigenvalue weighted by molar-refractivity contribution is -0.0498. The number of anilines is 1. The lowest BCUT2D eigenvalue weighted by Gasteiger charge is -2.04. The summed E-state index contributed by atoms with van der Waals surface area (Å²) in [6.07, 6.45) is 1.37. The lowest BCUT2D eigenvalue weighted by Crippen LogP contribution is -2.12. The summed E-state index contributed by atoms with van der Waals surface area (Å²) in [5.41, 5.74) is 0. The van der Waals surface area contributed by atoms with Crippen LogP contribution >= 0.6 is 22.9 Å². The predicted molar refractivity (Wildman–Crippen MR) is 63.6 cm³/mol. The van der Waals surface area contributed by atoms with Crippen LogP contribution in [0.15, 0.2) is 12.3 Å². The van der Waals surface area contributed by atoms with Gasteiger partial charge in [0.1, 0.15) is 15.6 Å². The van der Waals surface area contributed by atoms with Gasteiger partial charge in [-0.3, -0.25) is 4.79 Å². The van der Waals surface area contributed by atoms with Crippen molar-refractivity contribution in [1.29, 1.82) is 0 Å². The molecule has 0 atom stereocenters. The molecule has 0 unspecified atom stereocenters. The summed E-state index contributed by atoms with van der Waals surface area (Å²) in [5.74, 6) is -0.641. The van der Waals surface area contributed by atoms with Gasteiger partial charge in [-0.2, -0.15) is 8.78 Å². The number of hydrogen-bond acceptors (Lipinski definition) is 6. The summed E-state index contributed by atoms with van der Waals surface area (Å²) in [7, 11) is 0. The Morgan fingerprint density at radius 2 is 2.33 bits per heavy atom. The quantitative estimate of drug-likeness (QED) is 0.940. The molecule has 96 valence electrons. The minimum absolute atomic E-state index is 0.0983. The van der Waals surface area contributed by atoms with Crippen molar-refractivity contribution >= 4 is 33.8 Å². The van der Waals surface area contributed by atoms with E-state index >= 15 is 0 Å². The standard InChI is InChI=1S/C9H7F2N3O2S2/c1-4-2-5(16-9(10)11)7(17-4)8(15)13-6-3-12-14-18-6/h2-3,9H,1H3,(H,13,15). The van der Waals surface area contributed by atoms with Crippen molar-refractivity contribution in [2.24, 2.45) is 0 Å². The molecule has 1 amide bonds. The van der Waals surface area contributed by atoms with Crippen molar-refractivity contribution in [1.82, 2.24) is 9.59 Å². The van der Waals surface area contributed by atoms with Crippen molar-refractivity contribution in [3.8, 4) is 5.75 Å². The molecular formula is C9H7F2N3O2S2. The maximum absolute atomic E-state index is 12.2. The van der Waals surface area contributed by atoms with E-state index in [1.54, 1.807) is 6.92 Å². The number of carbonyl (C=O) groups excluding carboxylic acids is 1. The highest BCUT2D eigenvalue weighted by molar-refractivity contribution is 7.14. The second-order valence-electron chi connectivity index (χ2n) is 3.16. The maximum atomic E-state index is 12.2. The van der Waals surface area contributed by atoms with E-state index in [4.69, 9.17) is 0 Å². The van der Waals surface area contributed by atoms with Gasteiger partial charge in [0.15, 0.2) is 0 Å². The van der Waals surface area contributed by atoms with Gasteiger partial charge < -0.3 is 10.1 Å². The Morgan fingerprint density at radius 3 is 2.94 bits per heavy atom. The van der Waals surface area contributed by atoms with Gasteiger partial charge >= 0.3 is 6.61 Å². The van der Waals surface area contributed by atoms with E-state index in [0.717, 1.165) is 22.9 Å². The fourth-order valence-corrected chi connectivity index (χ4v) is 2.48. The highest BCUT2D eigenvalue weighted by Gasteiger charge is 2.19. The summed E-state index contributed by atoms with van der Waals surface area (Å²) >= 11 is 2.07. The van der Waals surface area contributed by atoms with Gasteiger partial charge in [-0.25, -0.2) is 0 Å². The molecule has 9 heteroatoms. The van der Waals surface area contributed by atoms with E-state index in [9.17, 15) is 13.6 Å². The zero-order valence-electron chi connectivity index (χ0n) is 9.02. The number of nitrogens with zero attached hydrogens (tertiary/aromatic N) is 2. The van der Waals surface area contributed by atoms with Crippen LogP contribution in [0.1, 0.15) is 14.5 Å². The third-order valence-electron chi connectivity index (χ3n) is 1.84. The number of aryl methyl sites for hydroxylation is 1. The molecule has 2 aromatic rings. The number of halogens is 2. The van der Waals surface area contributed by atoms with Crippen molar-refractivity contribution < 1.29 is 18.3 Å². The molecule has 0 saturated heterocycles. The molecule has 5 nitrogen and oxygen atoms in total. The lowest BCUT2D eigenvalue weighted by atomic mass is 10.4. The topological polar surface area (TPSA) is 64.1 Å². The summed E-state index contributed by atoms with van der Waals surface area (Å²) < 4.78 is 32.2. The third kappa shape index (κ3) is 2.99. The Labute approximate surface area is 109 Å². The summed E-state index contributed by atoms with van der Waals surface area (Å²) in [5, 5.41) is 6.50. The van der Waals surface area contributed by atoms with Crippen LogP contribution < -0.4 is 10.1 Å². The highest BCUT2D eigenvalue weighted by Crippen LogP contribution is 2.31. The van der Waals surface area contributed by atoms with Gasteiger partial charge in [0.2, 0.25) is 0 Å². The molecule has 2 heterocycles. The Hall–Kier alpha value is -1.61. The zero-order chi connectivity index (χ0) is 13.1. The molecule has 0 saturated carbocycles. The summed E-state index contributed by atoms with van der Waals surface area (Å²) in [4.78, 5) is 12.7. The summed E-state index contributed by atoms with van der Waals surface area (Å²) in [6, 6.07) is 1.40. The first-order valence-electron chi connectivity index (χ1n) is 4.70. The number of carbonyl (C=O) groups is 1. The van der Waals surface area contributed by atoms with E-state index in [1.807, 2.05) is 0 Å². The minimum atomic E-state index is -2.96. The van der Waals surface area contributed by atoms with E-state index in [2.05, 4.69) is 19.6 Å². The number of thiophene rings is 1. The molecule has 2 rings (SSSR count). The second-order valence-corrected chi connectivity index (χ2v) is 5.21. The van der Waals surface area contributed by atoms with Gasteiger partial charge in [0.25, 0.3) is 5.91 Å². The van der Waals surface area contributed by atoms with E-state index in [-0.39, 0.29) is 10.6 Å². The van der Waals surface area contributed by atoms with Crippen LogP contribution in [0.2, 0.25) is 0 Å². The van der Waals surface area contributed by atoms with Crippen LogP contribution in [0.4, 0.5) is 13.8 Å². The molecule has 0 aliphatic heterocycles. The van der Waals surface area contributed by atoms with Gasteiger partial charge in [-0.15, -0.1) is 16.4 Å². The van der Waals surface area contributed by atoms with Crippen molar-refractivity contribution in [3.63, 3.8) is 0 Å². The normalized spacial score (nSPS) is 10.7. The first-order valence-corrected chi connectivity index (χ1v) is 6.29. The Morgan fingerprint density at radius 1 is 1.56 bits per heavy atom. The van der Waals surface area contributed by atoms with Crippen molar-refractivity contribution in [2.45, 2.75) is 13.5 Å². The first kappa shape index (κ1) is 12.8.